The van der Waals surface area contributed by atoms with Crippen molar-refractivity contribution in [3.63, 3.8) is 0 Å². The zero-order valence-corrected chi connectivity index (χ0v) is 12.3. The Bertz CT molecular complexity index is 409. The van der Waals surface area contributed by atoms with Crippen LogP contribution in [0.3, 0.4) is 0 Å². The van der Waals surface area contributed by atoms with Crippen LogP contribution in [-0.2, 0) is 13.9 Å². The van der Waals surface area contributed by atoms with Gasteiger partial charge in [-0.05, 0) is 12.8 Å². The van der Waals surface area contributed by atoms with Gasteiger partial charge in [0.2, 0.25) is 0 Å². The molecule has 0 aromatic rings. The Balaban J connectivity index is 3.11. The molecule has 0 aromatic heterocycles. The van der Waals surface area contributed by atoms with E-state index in [-0.39, 0.29) is 18.0 Å². The largest absolute Gasteiger partial charge is 0.480 e. The molecule has 0 amide bonds. The number of allylic oxidation sites excluding steroid dienone is 1. The number of nitrogens with one attached hydrogen (secondary N) is 1. The monoisotopic (exact) mass is 295 g/mol. The summed E-state index contributed by atoms with van der Waals surface area (Å²) in [5.74, 6) is -0.675. The highest BCUT2D eigenvalue weighted by molar-refractivity contribution is 8.03. The minimum atomic E-state index is -3.97. The summed E-state index contributed by atoms with van der Waals surface area (Å²) in [6.45, 7) is 5.48. The van der Waals surface area contributed by atoms with Gasteiger partial charge in [0.1, 0.15) is 11.5 Å². The second kappa shape index (κ2) is 6.10. The van der Waals surface area contributed by atoms with Gasteiger partial charge in [-0.1, -0.05) is 13.8 Å². The van der Waals surface area contributed by atoms with Crippen LogP contribution in [0.25, 0.3) is 0 Å². The van der Waals surface area contributed by atoms with Crippen LogP contribution in [0.1, 0.15) is 20.8 Å². The number of hydrogen-bond donors (Lipinski definition) is 3. The smallest absolute Gasteiger partial charge is 0.375 e. The van der Waals surface area contributed by atoms with Gasteiger partial charge in [-0.2, -0.15) is 0 Å². The molecule has 0 aromatic carbocycles. The van der Waals surface area contributed by atoms with E-state index in [9.17, 15) is 14.3 Å². The second-order valence-electron chi connectivity index (χ2n) is 4.15. The molecule has 1 aliphatic rings. The maximum Gasteiger partial charge on any atom is 0.375 e. The van der Waals surface area contributed by atoms with Crippen molar-refractivity contribution >= 4 is 25.3 Å². The fourth-order valence-electron chi connectivity index (χ4n) is 1.55. The second-order valence-corrected chi connectivity index (χ2v) is 6.96. The van der Waals surface area contributed by atoms with Gasteiger partial charge in [-0.3, -0.25) is 4.57 Å². The number of aliphatic carboxylic acids is 1. The predicted molar refractivity (Wildman–Crippen MR) is 70.3 cm³/mol. The molecule has 8 heteroatoms. The fraction of sp³-hybridized carbons (Fsp3) is 0.700. The van der Waals surface area contributed by atoms with Crippen molar-refractivity contribution in [1.82, 2.24) is 5.32 Å². The highest BCUT2D eigenvalue weighted by atomic mass is 32.2. The third-order valence-corrected chi connectivity index (χ3v) is 5.54. The molecule has 1 heterocycles. The summed E-state index contributed by atoms with van der Waals surface area (Å²) in [5, 5.41) is 11.6. The summed E-state index contributed by atoms with van der Waals surface area (Å²) in [6, 6.07) is -0.867. The molecule has 3 N–H and O–H groups in total. The molecule has 0 saturated heterocycles. The van der Waals surface area contributed by atoms with Gasteiger partial charge in [0, 0.05) is 10.7 Å². The molecule has 0 radical (unpaired) electrons. The summed E-state index contributed by atoms with van der Waals surface area (Å²) in [7, 11) is -3.97. The molecule has 1 aliphatic heterocycles. The molecule has 6 nitrogen and oxygen atoms in total. The average Bonchev–Trinajstić information content (AvgIpc) is 2.27. The van der Waals surface area contributed by atoms with E-state index in [4.69, 9.17) is 9.63 Å². The Labute approximate surface area is 110 Å². The van der Waals surface area contributed by atoms with E-state index in [1.54, 1.807) is 6.92 Å². The van der Waals surface area contributed by atoms with Gasteiger partial charge in [-0.15, -0.1) is 11.8 Å². The average molecular weight is 295 g/mol. The van der Waals surface area contributed by atoms with Crippen molar-refractivity contribution in [3.8, 4) is 0 Å². The normalized spacial score (nSPS) is 23.7. The van der Waals surface area contributed by atoms with Crippen molar-refractivity contribution < 1.29 is 23.9 Å². The first-order valence-corrected chi connectivity index (χ1v) is 8.20. The number of thioether (sulfide) groups is 1. The molecule has 1 rings (SSSR count). The van der Waals surface area contributed by atoms with E-state index < -0.39 is 19.6 Å². The Morgan fingerprint density at radius 1 is 1.67 bits per heavy atom. The van der Waals surface area contributed by atoms with Crippen LogP contribution in [0, 0.1) is 5.92 Å². The minimum absolute atomic E-state index is 0.0306. The first-order chi connectivity index (χ1) is 8.29. The Morgan fingerprint density at radius 2 is 2.28 bits per heavy atom. The van der Waals surface area contributed by atoms with E-state index >= 15 is 0 Å². The molecule has 18 heavy (non-hydrogen) atoms. The third-order valence-electron chi connectivity index (χ3n) is 2.36. The highest BCUT2D eigenvalue weighted by Gasteiger charge is 2.37. The molecule has 1 unspecified atom stereocenters. The third kappa shape index (κ3) is 3.51. The van der Waals surface area contributed by atoms with E-state index in [2.05, 4.69) is 5.32 Å². The Hall–Kier alpha value is -0.490. The van der Waals surface area contributed by atoms with E-state index in [1.807, 2.05) is 13.8 Å². The van der Waals surface area contributed by atoms with Gasteiger partial charge in [-0.25, -0.2) is 4.79 Å². The van der Waals surface area contributed by atoms with Crippen LogP contribution in [0.4, 0.5) is 0 Å². The Kier molecular flexibility index (Phi) is 5.28. The quantitative estimate of drug-likeness (QED) is 0.666. The Morgan fingerprint density at radius 3 is 2.72 bits per heavy atom. The molecule has 0 bridgehead atoms. The lowest BCUT2D eigenvalue weighted by molar-refractivity contribution is -0.138. The van der Waals surface area contributed by atoms with Crippen LogP contribution in [-0.4, -0.2) is 34.4 Å². The standard InChI is InChI=1S/C10H18NO5PS/c1-4-16-17(14,15)9-8(6(2)3)18-5-7(11-9)10(12)13/h6-7,11H,4-5H2,1-3H3,(H,12,13)(H,14,15)/t7-/m0/s1. The zero-order chi connectivity index (χ0) is 13.9. The van der Waals surface area contributed by atoms with Gasteiger partial charge >= 0.3 is 13.6 Å². The lowest BCUT2D eigenvalue weighted by Crippen LogP contribution is -2.41. The summed E-state index contributed by atoms with van der Waals surface area (Å²) in [6.07, 6.45) is 0. The van der Waals surface area contributed by atoms with Gasteiger partial charge < -0.3 is 19.8 Å². The number of hydrogen-bond acceptors (Lipinski definition) is 5. The van der Waals surface area contributed by atoms with E-state index in [1.165, 1.54) is 11.8 Å². The van der Waals surface area contributed by atoms with E-state index in [0.29, 0.717) is 10.7 Å². The highest BCUT2D eigenvalue weighted by Crippen LogP contribution is 2.54. The number of carboxylic acids is 1. The van der Waals surface area contributed by atoms with Gasteiger partial charge in [0.25, 0.3) is 0 Å². The van der Waals surface area contributed by atoms with Gasteiger partial charge in [0.05, 0.1) is 6.61 Å². The lowest BCUT2D eigenvalue weighted by Gasteiger charge is -2.29. The van der Waals surface area contributed by atoms with Crippen LogP contribution < -0.4 is 5.32 Å². The van der Waals surface area contributed by atoms with Crippen LogP contribution in [0.2, 0.25) is 0 Å². The molecule has 0 aliphatic carbocycles. The maximum atomic E-state index is 12.1. The van der Waals surface area contributed by atoms with Gasteiger partial charge in [0.15, 0.2) is 0 Å². The number of rotatable bonds is 5. The maximum absolute atomic E-state index is 12.1. The summed E-state index contributed by atoms with van der Waals surface area (Å²) >= 11 is 1.29. The summed E-state index contributed by atoms with van der Waals surface area (Å²) < 4.78 is 16.9. The lowest BCUT2D eigenvalue weighted by atomic mass is 10.2. The molecular weight excluding hydrogens is 277 g/mol. The molecular formula is C10H18NO5PS. The van der Waals surface area contributed by atoms with Crippen LogP contribution in [0.5, 0.6) is 0 Å². The fourth-order valence-corrected chi connectivity index (χ4v) is 4.53. The SMILES string of the molecule is CCOP(=O)(O)C1=C(C(C)C)SC[C@@H](C(=O)O)N1. The zero-order valence-electron chi connectivity index (χ0n) is 10.5. The molecule has 0 spiro atoms. The molecule has 2 atom stereocenters. The van der Waals surface area contributed by atoms with Crippen molar-refractivity contribution in [1.29, 1.82) is 0 Å². The molecule has 104 valence electrons. The van der Waals surface area contributed by atoms with Crippen molar-refractivity contribution in [2.45, 2.75) is 26.8 Å². The first-order valence-electron chi connectivity index (χ1n) is 5.63. The van der Waals surface area contributed by atoms with Crippen LogP contribution in [0.15, 0.2) is 10.3 Å². The summed E-state index contributed by atoms with van der Waals surface area (Å²) in [4.78, 5) is 21.5. The predicted octanol–water partition coefficient (Wildman–Crippen LogP) is 1.82. The summed E-state index contributed by atoms with van der Waals surface area (Å²) in [5.41, 5.74) is 0.0306. The first kappa shape index (κ1) is 15.6. The number of carboxylic acid groups (broad SMARTS) is 1. The minimum Gasteiger partial charge on any atom is -0.480 e. The van der Waals surface area contributed by atoms with Crippen LogP contribution >= 0.6 is 19.4 Å². The van der Waals surface area contributed by atoms with E-state index in [0.717, 1.165) is 0 Å². The topological polar surface area (TPSA) is 95.9 Å². The molecule has 0 saturated carbocycles. The van der Waals surface area contributed by atoms with Crippen molar-refractivity contribution in [3.05, 3.63) is 10.3 Å². The van der Waals surface area contributed by atoms with Crippen molar-refractivity contribution in [2.75, 3.05) is 12.4 Å². The molecule has 0 fully saturated rings. The van der Waals surface area contributed by atoms with Crippen molar-refractivity contribution in [2.24, 2.45) is 5.92 Å². The number of carbonyl (C=O) groups is 1.